The van der Waals surface area contributed by atoms with E-state index in [1.54, 1.807) is 0 Å². The standard InChI is InChI=1S/C12H18O/c1-4-10(5-2)11-7-6-9(3)8-12(11)13/h6-8,10,13H,4-5H2,1-3H3. The van der Waals surface area contributed by atoms with Crippen molar-refractivity contribution in [1.29, 1.82) is 0 Å². The first-order valence-electron chi connectivity index (χ1n) is 4.98. The Kier molecular flexibility index (Phi) is 3.35. The minimum atomic E-state index is 0.453. The van der Waals surface area contributed by atoms with Crippen molar-refractivity contribution < 1.29 is 5.11 Å². The van der Waals surface area contributed by atoms with E-state index >= 15 is 0 Å². The lowest BCUT2D eigenvalue weighted by atomic mass is 9.92. The fraction of sp³-hybridized carbons (Fsp3) is 0.500. The molecule has 1 nitrogen and oxygen atoms in total. The summed E-state index contributed by atoms with van der Waals surface area (Å²) < 4.78 is 0. The number of aryl methyl sites for hydroxylation is 1. The molecule has 0 unspecified atom stereocenters. The lowest BCUT2D eigenvalue weighted by Crippen LogP contribution is -1.95. The van der Waals surface area contributed by atoms with Gasteiger partial charge in [0.05, 0.1) is 0 Å². The molecule has 0 aliphatic heterocycles. The van der Waals surface area contributed by atoms with Crippen LogP contribution in [0, 0.1) is 6.92 Å². The van der Waals surface area contributed by atoms with Crippen molar-refractivity contribution in [2.75, 3.05) is 0 Å². The molecule has 1 heteroatoms. The Morgan fingerprint density at radius 3 is 2.31 bits per heavy atom. The summed E-state index contributed by atoms with van der Waals surface area (Å²) in [5.74, 6) is 0.953. The van der Waals surface area contributed by atoms with Crippen molar-refractivity contribution in [3.8, 4) is 5.75 Å². The van der Waals surface area contributed by atoms with E-state index in [0.29, 0.717) is 11.7 Å². The zero-order chi connectivity index (χ0) is 9.84. The average Bonchev–Trinajstić information content (AvgIpc) is 2.10. The number of hydrogen-bond donors (Lipinski definition) is 1. The van der Waals surface area contributed by atoms with E-state index in [0.717, 1.165) is 24.0 Å². The number of rotatable bonds is 3. The summed E-state index contributed by atoms with van der Waals surface area (Å²) in [7, 11) is 0. The van der Waals surface area contributed by atoms with Crippen LogP contribution in [-0.2, 0) is 0 Å². The molecule has 1 aromatic rings. The summed E-state index contributed by atoms with van der Waals surface area (Å²) in [5, 5.41) is 9.72. The number of aromatic hydroxyl groups is 1. The van der Waals surface area contributed by atoms with Gasteiger partial charge < -0.3 is 5.11 Å². The molecule has 1 N–H and O–H groups in total. The molecule has 0 aliphatic rings. The Labute approximate surface area is 80.4 Å². The van der Waals surface area contributed by atoms with Gasteiger partial charge in [0, 0.05) is 0 Å². The highest BCUT2D eigenvalue weighted by atomic mass is 16.3. The van der Waals surface area contributed by atoms with Gasteiger partial charge in [-0.25, -0.2) is 0 Å². The van der Waals surface area contributed by atoms with E-state index in [9.17, 15) is 5.11 Å². The SMILES string of the molecule is CCC(CC)c1ccc(C)cc1O. The second-order valence-corrected chi connectivity index (χ2v) is 3.58. The summed E-state index contributed by atoms with van der Waals surface area (Å²) in [4.78, 5) is 0. The first kappa shape index (κ1) is 10.1. The van der Waals surface area contributed by atoms with Gasteiger partial charge in [-0.15, -0.1) is 0 Å². The highest BCUT2D eigenvalue weighted by Gasteiger charge is 2.10. The molecule has 0 spiro atoms. The predicted molar refractivity (Wildman–Crippen MR) is 56.2 cm³/mol. The molecule has 0 saturated carbocycles. The third-order valence-corrected chi connectivity index (χ3v) is 2.61. The van der Waals surface area contributed by atoms with Crippen LogP contribution >= 0.6 is 0 Å². The summed E-state index contributed by atoms with van der Waals surface area (Å²) in [6.45, 7) is 6.32. The summed E-state index contributed by atoms with van der Waals surface area (Å²) in [5.41, 5.74) is 2.21. The fourth-order valence-electron chi connectivity index (χ4n) is 1.73. The van der Waals surface area contributed by atoms with Crippen LogP contribution in [0.5, 0.6) is 5.75 Å². The van der Waals surface area contributed by atoms with Crippen molar-refractivity contribution in [3.05, 3.63) is 29.3 Å². The van der Waals surface area contributed by atoms with Crippen molar-refractivity contribution in [2.45, 2.75) is 39.5 Å². The fourth-order valence-corrected chi connectivity index (χ4v) is 1.73. The number of phenols is 1. The molecule has 1 aromatic carbocycles. The Morgan fingerprint density at radius 1 is 1.23 bits per heavy atom. The number of benzene rings is 1. The second kappa shape index (κ2) is 4.31. The monoisotopic (exact) mass is 178 g/mol. The van der Waals surface area contributed by atoms with Crippen LogP contribution in [0.3, 0.4) is 0 Å². The molecule has 0 bridgehead atoms. The van der Waals surface area contributed by atoms with Crippen molar-refractivity contribution in [2.24, 2.45) is 0 Å². The van der Waals surface area contributed by atoms with Crippen LogP contribution < -0.4 is 0 Å². The molecule has 1 rings (SSSR count). The molecule has 0 atom stereocenters. The smallest absolute Gasteiger partial charge is 0.119 e. The van der Waals surface area contributed by atoms with Crippen LogP contribution in [-0.4, -0.2) is 5.11 Å². The molecular formula is C12H18O. The van der Waals surface area contributed by atoms with Gasteiger partial charge in [0.1, 0.15) is 5.75 Å². The van der Waals surface area contributed by atoms with E-state index in [1.807, 2.05) is 19.1 Å². The Morgan fingerprint density at radius 2 is 1.85 bits per heavy atom. The van der Waals surface area contributed by atoms with E-state index in [4.69, 9.17) is 0 Å². The normalized spacial score (nSPS) is 10.8. The zero-order valence-electron chi connectivity index (χ0n) is 8.67. The van der Waals surface area contributed by atoms with Gasteiger partial charge in [0.15, 0.2) is 0 Å². The Hall–Kier alpha value is -0.980. The largest absolute Gasteiger partial charge is 0.508 e. The minimum absolute atomic E-state index is 0.453. The average molecular weight is 178 g/mol. The molecule has 0 heterocycles. The summed E-state index contributed by atoms with van der Waals surface area (Å²) in [6.07, 6.45) is 2.18. The molecular weight excluding hydrogens is 160 g/mol. The van der Waals surface area contributed by atoms with Gasteiger partial charge in [-0.05, 0) is 42.9 Å². The first-order valence-corrected chi connectivity index (χ1v) is 4.98. The highest BCUT2D eigenvalue weighted by molar-refractivity contribution is 5.38. The molecule has 13 heavy (non-hydrogen) atoms. The predicted octanol–water partition coefficient (Wildman–Crippen LogP) is 3.60. The maximum atomic E-state index is 9.72. The van der Waals surface area contributed by atoms with Crippen molar-refractivity contribution in [1.82, 2.24) is 0 Å². The van der Waals surface area contributed by atoms with E-state index < -0.39 is 0 Å². The van der Waals surface area contributed by atoms with Crippen LogP contribution in [0.15, 0.2) is 18.2 Å². The van der Waals surface area contributed by atoms with Gasteiger partial charge in [0.2, 0.25) is 0 Å². The maximum Gasteiger partial charge on any atom is 0.119 e. The van der Waals surface area contributed by atoms with Gasteiger partial charge >= 0.3 is 0 Å². The molecule has 72 valence electrons. The summed E-state index contributed by atoms with van der Waals surface area (Å²) in [6, 6.07) is 5.95. The Balaban J connectivity index is 2.99. The molecule has 0 fully saturated rings. The molecule has 0 amide bonds. The Bertz CT molecular complexity index is 274. The van der Waals surface area contributed by atoms with Crippen molar-refractivity contribution in [3.63, 3.8) is 0 Å². The quantitative estimate of drug-likeness (QED) is 0.749. The summed E-state index contributed by atoms with van der Waals surface area (Å²) >= 11 is 0. The third kappa shape index (κ3) is 2.24. The molecule has 0 radical (unpaired) electrons. The van der Waals surface area contributed by atoms with Gasteiger partial charge in [-0.2, -0.15) is 0 Å². The third-order valence-electron chi connectivity index (χ3n) is 2.61. The lowest BCUT2D eigenvalue weighted by Gasteiger charge is -2.14. The molecule has 0 aromatic heterocycles. The number of phenolic OH excluding ortho intramolecular Hbond substituents is 1. The van der Waals surface area contributed by atoms with Gasteiger partial charge in [-0.1, -0.05) is 26.0 Å². The topological polar surface area (TPSA) is 20.2 Å². The maximum absolute atomic E-state index is 9.72. The van der Waals surface area contributed by atoms with Crippen LogP contribution in [0.1, 0.15) is 43.7 Å². The minimum Gasteiger partial charge on any atom is -0.508 e. The molecule has 0 saturated heterocycles. The first-order chi connectivity index (χ1) is 6.19. The lowest BCUT2D eigenvalue weighted by molar-refractivity contribution is 0.457. The zero-order valence-corrected chi connectivity index (χ0v) is 8.67. The van der Waals surface area contributed by atoms with E-state index in [2.05, 4.69) is 19.9 Å². The van der Waals surface area contributed by atoms with Crippen molar-refractivity contribution >= 4 is 0 Å². The second-order valence-electron chi connectivity index (χ2n) is 3.58. The van der Waals surface area contributed by atoms with Crippen LogP contribution in [0.2, 0.25) is 0 Å². The van der Waals surface area contributed by atoms with E-state index in [-0.39, 0.29) is 0 Å². The van der Waals surface area contributed by atoms with Crippen LogP contribution in [0.25, 0.3) is 0 Å². The number of hydrogen-bond acceptors (Lipinski definition) is 1. The molecule has 0 aliphatic carbocycles. The van der Waals surface area contributed by atoms with Gasteiger partial charge in [0.25, 0.3) is 0 Å². The van der Waals surface area contributed by atoms with Crippen LogP contribution in [0.4, 0.5) is 0 Å². The highest BCUT2D eigenvalue weighted by Crippen LogP contribution is 2.30. The van der Waals surface area contributed by atoms with E-state index in [1.165, 1.54) is 0 Å². The van der Waals surface area contributed by atoms with Gasteiger partial charge in [-0.3, -0.25) is 0 Å².